The van der Waals surface area contributed by atoms with E-state index in [2.05, 4.69) is 14.8 Å². The molecule has 0 aliphatic rings. The molecule has 0 atom stereocenters. The summed E-state index contributed by atoms with van der Waals surface area (Å²) in [7, 11) is 1.29. The van der Waals surface area contributed by atoms with Gasteiger partial charge in [0.05, 0.1) is 25.6 Å². The molecule has 2 rings (SSSR count). The highest BCUT2D eigenvalue weighted by atomic mass is 16.7. The van der Waals surface area contributed by atoms with E-state index < -0.39 is 24.7 Å². The summed E-state index contributed by atoms with van der Waals surface area (Å²) in [5.74, 6) is -1.69. The van der Waals surface area contributed by atoms with E-state index in [9.17, 15) is 24.6 Å². The monoisotopic (exact) mass is 446 g/mol. The number of anilines is 1. The molecule has 5 N–H and O–H groups in total. The van der Waals surface area contributed by atoms with Crippen LogP contribution in [0, 0.1) is 0 Å². The Kier molecular flexibility index (Phi) is 8.84. The average molecular weight is 446 g/mol. The van der Waals surface area contributed by atoms with Crippen molar-refractivity contribution in [2.24, 2.45) is 5.73 Å². The SMILES string of the molecule is COC(=O)Cc1ccc(O)c(CNc2cc(CC(=O)OCOC(C)=O)cc(CN)c2O)c1. The third-order valence-corrected chi connectivity index (χ3v) is 4.49. The maximum absolute atomic E-state index is 12.0. The fourth-order valence-corrected chi connectivity index (χ4v) is 2.87. The first-order chi connectivity index (χ1) is 15.2. The fourth-order valence-electron chi connectivity index (χ4n) is 2.87. The molecule has 0 spiro atoms. The normalized spacial score (nSPS) is 10.3. The van der Waals surface area contributed by atoms with Crippen LogP contribution < -0.4 is 11.1 Å². The van der Waals surface area contributed by atoms with E-state index in [4.69, 9.17) is 10.5 Å². The molecule has 0 heterocycles. The number of rotatable bonds is 10. The van der Waals surface area contributed by atoms with Crippen LogP contribution in [0.5, 0.6) is 11.5 Å². The molecule has 0 saturated heterocycles. The van der Waals surface area contributed by atoms with E-state index in [1.165, 1.54) is 20.1 Å². The topological polar surface area (TPSA) is 157 Å². The molecule has 0 radical (unpaired) electrons. The zero-order valence-corrected chi connectivity index (χ0v) is 17.8. The number of nitrogens with one attached hydrogen (secondary N) is 1. The molecule has 10 nitrogen and oxygen atoms in total. The predicted octanol–water partition coefficient (Wildman–Crippen LogP) is 1.49. The minimum Gasteiger partial charge on any atom is -0.508 e. The molecule has 0 fully saturated rings. The van der Waals surface area contributed by atoms with Crippen molar-refractivity contribution in [1.29, 1.82) is 0 Å². The molecule has 0 bridgehead atoms. The Balaban J connectivity index is 2.15. The van der Waals surface area contributed by atoms with Crippen LogP contribution in [0.3, 0.4) is 0 Å². The van der Waals surface area contributed by atoms with Crippen molar-refractivity contribution >= 4 is 23.6 Å². The molecule has 0 aromatic heterocycles. The van der Waals surface area contributed by atoms with Crippen molar-refractivity contribution < 1.29 is 38.8 Å². The summed E-state index contributed by atoms with van der Waals surface area (Å²) in [6.45, 7) is 0.861. The average Bonchev–Trinajstić information content (AvgIpc) is 2.75. The zero-order chi connectivity index (χ0) is 23.7. The number of carbonyl (C=O) groups is 3. The van der Waals surface area contributed by atoms with Crippen LogP contribution in [0.4, 0.5) is 5.69 Å². The number of phenols is 2. The molecule has 172 valence electrons. The van der Waals surface area contributed by atoms with Crippen LogP contribution in [0.15, 0.2) is 30.3 Å². The van der Waals surface area contributed by atoms with Gasteiger partial charge in [0.2, 0.25) is 6.79 Å². The first-order valence-electron chi connectivity index (χ1n) is 9.68. The van der Waals surface area contributed by atoms with E-state index >= 15 is 0 Å². The van der Waals surface area contributed by atoms with Crippen LogP contribution in [0.2, 0.25) is 0 Å². The van der Waals surface area contributed by atoms with Gasteiger partial charge >= 0.3 is 17.9 Å². The minimum absolute atomic E-state index is 0.00913. The van der Waals surface area contributed by atoms with Crippen LogP contribution in [-0.2, 0) is 54.5 Å². The fraction of sp³-hybridized carbons (Fsp3) is 0.318. The second-order valence-electron chi connectivity index (χ2n) is 6.87. The van der Waals surface area contributed by atoms with Crippen molar-refractivity contribution in [3.05, 3.63) is 52.6 Å². The Morgan fingerprint density at radius 3 is 2.31 bits per heavy atom. The molecular formula is C22H26N2O8. The first kappa shape index (κ1) is 24.5. The van der Waals surface area contributed by atoms with E-state index in [-0.39, 0.29) is 37.4 Å². The lowest BCUT2D eigenvalue weighted by atomic mass is 10.0. The molecule has 0 aliphatic carbocycles. The summed E-state index contributed by atoms with van der Waals surface area (Å²) < 4.78 is 14.1. The Hall–Kier alpha value is -3.79. The lowest BCUT2D eigenvalue weighted by molar-refractivity contribution is -0.165. The Labute approximate surface area is 184 Å². The van der Waals surface area contributed by atoms with Gasteiger partial charge in [-0.3, -0.25) is 14.4 Å². The van der Waals surface area contributed by atoms with Gasteiger partial charge in [0, 0.05) is 31.1 Å². The van der Waals surface area contributed by atoms with Crippen LogP contribution >= 0.6 is 0 Å². The number of hydrogen-bond donors (Lipinski definition) is 4. The molecule has 10 heteroatoms. The molecule has 0 amide bonds. The number of esters is 3. The first-order valence-corrected chi connectivity index (χ1v) is 9.68. The van der Waals surface area contributed by atoms with Gasteiger partial charge in [-0.1, -0.05) is 12.1 Å². The number of aromatic hydroxyl groups is 2. The van der Waals surface area contributed by atoms with E-state index in [1.54, 1.807) is 24.3 Å². The zero-order valence-electron chi connectivity index (χ0n) is 17.8. The van der Waals surface area contributed by atoms with Crippen molar-refractivity contribution in [3.8, 4) is 11.5 Å². The number of carbonyl (C=O) groups excluding carboxylic acids is 3. The summed E-state index contributed by atoms with van der Waals surface area (Å²) in [5.41, 5.74) is 8.07. The van der Waals surface area contributed by atoms with Gasteiger partial charge < -0.3 is 35.5 Å². The maximum Gasteiger partial charge on any atom is 0.313 e. The quantitative estimate of drug-likeness (QED) is 0.239. The van der Waals surface area contributed by atoms with Crippen molar-refractivity contribution in [1.82, 2.24) is 0 Å². The third-order valence-electron chi connectivity index (χ3n) is 4.49. The molecular weight excluding hydrogens is 420 g/mol. The second kappa shape index (κ2) is 11.6. The summed E-state index contributed by atoms with van der Waals surface area (Å²) in [6.07, 6.45) is -0.0830. The highest BCUT2D eigenvalue weighted by Gasteiger charge is 2.14. The molecule has 0 saturated carbocycles. The van der Waals surface area contributed by atoms with E-state index in [1.807, 2.05) is 0 Å². The van der Waals surface area contributed by atoms with Crippen molar-refractivity contribution in [2.75, 3.05) is 19.2 Å². The molecule has 32 heavy (non-hydrogen) atoms. The van der Waals surface area contributed by atoms with Gasteiger partial charge in [-0.25, -0.2) is 0 Å². The van der Waals surface area contributed by atoms with E-state index in [0.29, 0.717) is 27.9 Å². The number of benzene rings is 2. The largest absolute Gasteiger partial charge is 0.508 e. The third kappa shape index (κ3) is 7.17. The lowest BCUT2D eigenvalue weighted by Gasteiger charge is -2.15. The van der Waals surface area contributed by atoms with Gasteiger partial charge in [0.25, 0.3) is 0 Å². The standard InChI is InChI=1S/C22H26N2O8/c1-13(25)31-12-32-21(28)9-15-6-16(10-23)22(29)18(7-15)24-11-17-5-14(3-4-19(17)26)8-20(27)30-2/h3-7,24,26,29H,8-12,23H2,1-2H3. The van der Waals surface area contributed by atoms with Crippen LogP contribution in [0.1, 0.15) is 29.2 Å². The van der Waals surface area contributed by atoms with E-state index in [0.717, 1.165) is 0 Å². The second-order valence-corrected chi connectivity index (χ2v) is 6.87. The van der Waals surface area contributed by atoms with Gasteiger partial charge in [-0.2, -0.15) is 0 Å². The summed E-state index contributed by atoms with van der Waals surface area (Å²) >= 11 is 0. The molecule has 0 unspecified atom stereocenters. The summed E-state index contributed by atoms with van der Waals surface area (Å²) in [4.78, 5) is 34.2. The van der Waals surface area contributed by atoms with Gasteiger partial charge in [-0.15, -0.1) is 0 Å². The number of methoxy groups -OCH3 is 1. The maximum atomic E-state index is 12.0. The molecule has 0 aliphatic heterocycles. The Bertz CT molecular complexity index is 990. The number of phenolic OH excluding ortho intramolecular Hbond substituents is 2. The van der Waals surface area contributed by atoms with Crippen molar-refractivity contribution in [3.63, 3.8) is 0 Å². The van der Waals surface area contributed by atoms with Gasteiger partial charge in [0.15, 0.2) is 0 Å². The lowest BCUT2D eigenvalue weighted by Crippen LogP contribution is -2.13. The summed E-state index contributed by atoms with van der Waals surface area (Å²) in [6, 6.07) is 7.85. The van der Waals surface area contributed by atoms with Crippen LogP contribution in [-0.4, -0.2) is 42.0 Å². The Morgan fingerprint density at radius 1 is 0.969 bits per heavy atom. The number of hydrogen-bond acceptors (Lipinski definition) is 10. The highest BCUT2D eigenvalue weighted by molar-refractivity contribution is 5.75. The van der Waals surface area contributed by atoms with Crippen molar-refractivity contribution in [2.45, 2.75) is 32.9 Å². The molecule has 2 aromatic carbocycles. The predicted molar refractivity (Wildman–Crippen MR) is 114 cm³/mol. The number of ether oxygens (including phenoxy) is 3. The van der Waals surface area contributed by atoms with Gasteiger partial charge in [0.1, 0.15) is 11.5 Å². The van der Waals surface area contributed by atoms with Crippen LogP contribution in [0.25, 0.3) is 0 Å². The number of nitrogens with two attached hydrogens (primary N) is 1. The molecule has 2 aromatic rings. The summed E-state index contributed by atoms with van der Waals surface area (Å²) in [5, 5.41) is 23.6. The Morgan fingerprint density at radius 2 is 1.66 bits per heavy atom. The van der Waals surface area contributed by atoms with Gasteiger partial charge in [-0.05, 0) is 29.3 Å². The minimum atomic E-state index is -0.626. The highest BCUT2D eigenvalue weighted by Crippen LogP contribution is 2.31. The smallest absolute Gasteiger partial charge is 0.313 e.